The number of nitrogens with zero attached hydrogens (tertiary/aromatic N) is 4. The Labute approximate surface area is 201 Å². The smallest absolute Gasteiger partial charge is 0.244 e. The second-order valence-corrected chi connectivity index (χ2v) is 9.40. The molecule has 2 aromatic heterocycles. The fraction of sp³-hybridized carbons (Fsp3) is 0.200. The third-order valence-corrected chi connectivity index (χ3v) is 6.62. The molecule has 3 heterocycles. The second kappa shape index (κ2) is 9.18. The van der Waals surface area contributed by atoms with Gasteiger partial charge in [-0.05, 0) is 44.2 Å². The number of aromatic nitrogens is 3. The van der Waals surface area contributed by atoms with Gasteiger partial charge >= 0.3 is 0 Å². The van der Waals surface area contributed by atoms with Gasteiger partial charge < -0.3 is 9.73 Å². The lowest BCUT2D eigenvalue weighted by Gasteiger charge is -2.30. The summed E-state index contributed by atoms with van der Waals surface area (Å²) in [4.78, 5) is 27.1. The van der Waals surface area contributed by atoms with E-state index in [1.165, 1.54) is 16.7 Å². The lowest BCUT2D eigenvalue weighted by atomic mass is 10.1. The molecule has 8 nitrogen and oxygen atoms in total. The van der Waals surface area contributed by atoms with Crippen LogP contribution in [0.25, 0.3) is 11.4 Å². The van der Waals surface area contributed by atoms with Gasteiger partial charge in [0.15, 0.2) is 11.0 Å². The van der Waals surface area contributed by atoms with Crippen LogP contribution in [0, 0.1) is 6.92 Å². The van der Waals surface area contributed by atoms with Crippen molar-refractivity contribution in [2.45, 2.75) is 30.8 Å². The topological polar surface area (TPSA) is 93.3 Å². The lowest BCUT2D eigenvalue weighted by molar-refractivity contribution is -0.121. The minimum atomic E-state index is -0.496. The maximum atomic E-state index is 13.4. The maximum absolute atomic E-state index is 13.4. The predicted octanol–water partition coefficient (Wildman–Crippen LogP) is 4.36. The van der Waals surface area contributed by atoms with E-state index in [9.17, 15) is 9.59 Å². The normalized spacial score (nSPS) is 13.9. The Hall–Kier alpha value is -3.85. The van der Waals surface area contributed by atoms with Gasteiger partial charge in [0.25, 0.3) is 0 Å². The molecule has 0 spiro atoms. The van der Waals surface area contributed by atoms with Crippen molar-refractivity contribution in [3.63, 3.8) is 0 Å². The van der Waals surface area contributed by atoms with Crippen LogP contribution in [0.3, 0.4) is 0 Å². The number of carbonyl (C=O) groups is 2. The van der Waals surface area contributed by atoms with Crippen molar-refractivity contribution in [3.8, 4) is 11.4 Å². The molecule has 2 aromatic carbocycles. The summed E-state index contributed by atoms with van der Waals surface area (Å²) in [6.45, 7) is 4.26. The number of hydrogen-bond donors (Lipinski definition) is 1. The highest BCUT2D eigenvalue weighted by Crippen LogP contribution is 2.33. The van der Waals surface area contributed by atoms with Crippen LogP contribution in [0.15, 0.2) is 76.5 Å². The van der Waals surface area contributed by atoms with Crippen LogP contribution >= 0.6 is 11.8 Å². The van der Waals surface area contributed by atoms with Crippen LogP contribution in [0.2, 0.25) is 0 Å². The summed E-state index contributed by atoms with van der Waals surface area (Å²) in [7, 11) is 0. The number of fused-ring (bicyclic) bond motifs is 1. The number of nitrogens with one attached hydrogen (secondary N) is 1. The zero-order chi connectivity index (χ0) is 23.7. The third kappa shape index (κ3) is 4.34. The van der Waals surface area contributed by atoms with Crippen molar-refractivity contribution < 1.29 is 14.0 Å². The summed E-state index contributed by atoms with van der Waals surface area (Å²) in [5, 5.41) is 11.8. The molecule has 0 aliphatic carbocycles. The first-order valence-electron chi connectivity index (χ1n) is 10.9. The number of thioether (sulfide) groups is 1. The Morgan fingerprint density at radius 1 is 1.15 bits per heavy atom. The van der Waals surface area contributed by atoms with Gasteiger partial charge in [0.1, 0.15) is 12.3 Å². The summed E-state index contributed by atoms with van der Waals surface area (Å²) in [5.41, 5.74) is 3.38. The van der Waals surface area contributed by atoms with Gasteiger partial charge in [-0.2, -0.15) is 0 Å². The van der Waals surface area contributed by atoms with Gasteiger partial charge in [0.05, 0.1) is 29.4 Å². The SMILES string of the molecule is Cc1cccc(-c2nnc(S[C@@H](C)C(=O)N3CC(=O)Nc4ccccc43)n2Cc2ccco2)c1. The van der Waals surface area contributed by atoms with Crippen molar-refractivity contribution >= 4 is 35.0 Å². The molecule has 1 N–H and O–H groups in total. The van der Waals surface area contributed by atoms with Crippen LogP contribution in [-0.2, 0) is 16.1 Å². The molecule has 1 aliphatic heterocycles. The highest BCUT2D eigenvalue weighted by atomic mass is 32.2. The molecule has 0 saturated carbocycles. The van der Waals surface area contributed by atoms with E-state index in [0.29, 0.717) is 28.9 Å². The summed E-state index contributed by atoms with van der Waals surface area (Å²) < 4.78 is 7.53. The third-order valence-electron chi connectivity index (χ3n) is 5.55. The van der Waals surface area contributed by atoms with Crippen molar-refractivity contribution in [2.75, 3.05) is 16.8 Å². The van der Waals surface area contributed by atoms with Crippen molar-refractivity contribution in [2.24, 2.45) is 0 Å². The first-order valence-corrected chi connectivity index (χ1v) is 11.8. The van der Waals surface area contributed by atoms with Crippen molar-refractivity contribution in [1.82, 2.24) is 14.8 Å². The fourth-order valence-corrected chi connectivity index (χ4v) is 4.84. The summed E-state index contributed by atoms with van der Waals surface area (Å²) in [6, 6.07) is 19.1. The van der Waals surface area contributed by atoms with Crippen LogP contribution in [-0.4, -0.2) is 38.4 Å². The largest absolute Gasteiger partial charge is 0.467 e. The Kier molecular flexibility index (Phi) is 5.93. The molecule has 2 amide bonds. The van der Waals surface area contributed by atoms with E-state index in [4.69, 9.17) is 4.42 Å². The number of hydrogen-bond acceptors (Lipinski definition) is 6. The summed E-state index contributed by atoms with van der Waals surface area (Å²) >= 11 is 1.31. The Bertz CT molecular complexity index is 1350. The number of rotatable bonds is 6. The Morgan fingerprint density at radius 2 is 2.00 bits per heavy atom. The summed E-state index contributed by atoms with van der Waals surface area (Å²) in [5.74, 6) is 1.07. The van der Waals surface area contributed by atoms with E-state index >= 15 is 0 Å². The molecule has 5 rings (SSSR count). The minimum Gasteiger partial charge on any atom is -0.467 e. The van der Waals surface area contributed by atoms with Gasteiger partial charge in [-0.1, -0.05) is 47.7 Å². The number of amides is 2. The van der Waals surface area contributed by atoms with Crippen LogP contribution in [0.1, 0.15) is 18.2 Å². The molecule has 34 heavy (non-hydrogen) atoms. The molecule has 4 aromatic rings. The molecule has 0 fully saturated rings. The van der Waals surface area contributed by atoms with E-state index in [1.807, 2.05) is 66.9 Å². The highest BCUT2D eigenvalue weighted by molar-refractivity contribution is 8.00. The molecule has 0 radical (unpaired) electrons. The van der Waals surface area contributed by atoms with Crippen molar-refractivity contribution in [1.29, 1.82) is 0 Å². The quantitative estimate of drug-likeness (QED) is 0.418. The average Bonchev–Trinajstić information content (AvgIpc) is 3.48. The number of anilines is 2. The van der Waals surface area contributed by atoms with Crippen molar-refractivity contribution in [3.05, 3.63) is 78.3 Å². The second-order valence-electron chi connectivity index (χ2n) is 8.09. The van der Waals surface area contributed by atoms with E-state index in [-0.39, 0.29) is 18.4 Å². The van der Waals surface area contributed by atoms with Crippen LogP contribution in [0.5, 0.6) is 0 Å². The monoisotopic (exact) mass is 473 g/mol. The van der Waals surface area contributed by atoms with E-state index < -0.39 is 5.25 Å². The molecule has 1 atom stereocenters. The number of furan rings is 1. The summed E-state index contributed by atoms with van der Waals surface area (Å²) in [6.07, 6.45) is 1.63. The molecule has 1 aliphatic rings. The fourth-order valence-electron chi connectivity index (χ4n) is 3.93. The first-order chi connectivity index (χ1) is 16.5. The van der Waals surface area contributed by atoms with Gasteiger partial charge in [-0.3, -0.25) is 19.1 Å². The molecular weight excluding hydrogens is 450 g/mol. The molecule has 0 saturated heterocycles. The van der Waals surface area contributed by atoms with Crippen LogP contribution < -0.4 is 10.2 Å². The molecular formula is C25H23N5O3S. The van der Waals surface area contributed by atoms with E-state index in [2.05, 4.69) is 21.6 Å². The number of benzene rings is 2. The lowest BCUT2D eigenvalue weighted by Crippen LogP contribution is -2.45. The first kappa shape index (κ1) is 22.0. The molecule has 0 bridgehead atoms. The van der Waals surface area contributed by atoms with Gasteiger partial charge in [-0.25, -0.2) is 0 Å². The van der Waals surface area contributed by atoms with Gasteiger partial charge in [0.2, 0.25) is 11.8 Å². The molecule has 9 heteroatoms. The Morgan fingerprint density at radius 3 is 2.79 bits per heavy atom. The predicted molar refractivity (Wildman–Crippen MR) is 131 cm³/mol. The standard InChI is InChI=1S/C25H23N5O3S/c1-16-7-5-8-18(13-16)23-27-28-25(30(23)14-19-9-6-12-33-19)34-17(2)24(32)29-15-22(31)26-20-10-3-4-11-21(20)29/h3-13,17H,14-15H2,1-2H3,(H,26,31)/t17-/m0/s1. The van der Waals surface area contributed by atoms with Crippen LogP contribution in [0.4, 0.5) is 11.4 Å². The molecule has 0 unspecified atom stereocenters. The zero-order valence-corrected chi connectivity index (χ0v) is 19.6. The molecule has 172 valence electrons. The van der Waals surface area contributed by atoms with Gasteiger partial charge in [-0.15, -0.1) is 10.2 Å². The maximum Gasteiger partial charge on any atom is 0.244 e. The minimum absolute atomic E-state index is 0.0195. The van der Waals surface area contributed by atoms with E-state index in [1.54, 1.807) is 12.3 Å². The average molecular weight is 474 g/mol. The van der Waals surface area contributed by atoms with Gasteiger partial charge in [0, 0.05) is 5.56 Å². The Balaban J connectivity index is 1.45. The number of carbonyl (C=O) groups excluding carboxylic acids is 2. The highest BCUT2D eigenvalue weighted by Gasteiger charge is 2.31. The van der Waals surface area contributed by atoms with E-state index in [0.717, 1.165) is 16.9 Å². The number of aryl methyl sites for hydroxylation is 1. The zero-order valence-electron chi connectivity index (χ0n) is 18.8. The number of para-hydroxylation sites is 2.